The van der Waals surface area contributed by atoms with E-state index in [2.05, 4.69) is 196 Å². The Morgan fingerprint density at radius 1 is 0.254 bits per heavy atom. The van der Waals surface area contributed by atoms with E-state index in [0.717, 1.165) is 101 Å². The van der Waals surface area contributed by atoms with Crippen molar-refractivity contribution < 1.29 is 27.9 Å². The van der Waals surface area contributed by atoms with Gasteiger partial charge in [0.1, 0.15) is 34.5 Å². The minimum Gasteiger partial charge on any atom is -0.519 e. The van der Waals surface area contributed by atoms with Crippen LogP contribution in [0.15, 0.2) is 200 Å². The predicted octanol–water partition coefficient (Wildman–Crippen LogP) is 10.5. The Bertz CT molecular complexity index is 2970. The van der Waals surface area contributed by atoms with Crippen molar-refractivity contribution in [2.75, 3.05) is 0 Å². The first-order chi connectivity index (χ1) is 32.9. The van der Waals surface area contributed by atoms with Crippen molar-refractivity contribution >= 4 is 37.7 Å². The van der Waals surface area contributed by atoms with Crippen molar-refractivity contribution in [1.82, 2.24) is 0 Å². The zero-order valence-electron chi connectivity index (χ0n) is 36.7. The summed E-state index contributed by atoms with van der Waals surface area (Å²) < 4.78 is 40.2. The lowest BCUT2D eigenvalue weighted by Gasteiger charge is -2.54. The topological polar surface area (TPSA) is 55.4 Å². The molecule has 3 aliphatic heterocycles. The fourth-order valence-corrected chi connectivity index (χ4v) is 11.1. The van der Waals surface area contributed by atoms with Gasteiger partial charge in [0.05, 0.1) is 0 Å². The maximum Gasteiger partial charge on any atom is 0.632 e. The molecular weight excluding hydrogens is 825 g/mol. The Morgan fingerprint density at radius 2 is 0.448 bits per heavy atom. The molecule has 0 amide bonds. The molecule has 6 aliphatic rings. The van der Waals surface area contributed by atoms with E-state index < -0.39 is 32.2 Å². The summed E-state index contributed by atoms with van der Waals surface area (Å²) in [5.74, 6) is 4.31. The minimum atomic E-state index is -0.646. The smallest absolute Gasteiger partial charge is 0.519 e. The second-order valence-corrected chi connectivity index (χ2v) is 18.5. The standard InChI is InChI=1S/C58H39B3O6/c1-57-45-30-51-54(65-59(62-51)42-24-18-39(19-25-42)36-12-6-3-7-13-36)33-48(45)58(2,49-34-55-52(31-46(49)57)63-60(66-55)43-26-20-40(21-27-43)37-14-8-4-9-15-37)50-35-56-53(32-47(50)57)64-61(67-56)44-28-22-41(23-29-44)38-16-10-5-11-17-38/h3-35H,1-2H3. The summed E-state index contributed by atoms with van der Waals surface area (Å²) >= 11 is 0. The molecule has 3 heterocycles. The minimum absolute atomic E-state index is 0.583. The first kappa shape index (κ1) is 38.3. The Kier molecular flexibility index (Phi) is 8.13. The first-order valence-electron chi connectivity index (χ1n) is 22.9. The van der Waals surface area contributed by atoms with Gasteiger partial charge in [0.2, 0.25) is 0 Å². The molecule has 0 N–H and O–H groups in total. The van der Waals surface area contributed by atoms with Crippen molar-refractivity contribution in [2.24, 2.45) is 0 Å². The molecule has 0 radical (unpaired) electrons. The molecule has 0 spiro atoms. The Hall–Kier alpha value is -8.03. The van der Waals surface area contributed by atoms with Gasteiger partial charge in [-0.2, -0.15) is 0 Å². The molecule has 0 unspecified atom stereocenters. The fraction of sp³-hybridized carbons (Fsp3) is 0.0690. The van der Waals surface area contributed by atoms with Crippen LogP contribution >= 0.6 is 0 Å². The normalized spacial score (nSPS) is 18.4. The van der Waals surface area contributed by atoms with Crippen molar-refractivity contribution in [3.05, 3.63) is 234 Å². The maximum absolute atomic E-state index is 6.70. The van der Waals surface area contributed by atoms with E-state index in [9.17, 15) is 0 Å². The highest BCUT2D eigenvalue weighted by Crippen LogP contribution is 2.66. The zero-order valence-corrected chi connectivity index (χ0v) is 36.7. The van der Waals surface area contributed by atoms with E-state index in [-0.39, 0.29) is 0 Å². The number of rotatable bonds is 6. The maximum atomic E-state index is 6.70. The summed E-state index contributed by atoms with van der Waals surface area (Å²) in [4.78, 5) is 0. The number of hydrogen-bond donors (Lipinski definition) is 0. The van der Waals surface area contributed by atoms with E-state index >= 15 is 0 Å². The summed E-state index contributed by atoms with van der Waals surface area (Å²) in [6.07, 6.45) is 0. The average Bonchev–Trinajstić information content (AvgIpc) is 4.14. The van der Waals surface area contributed by atoms with Crippen molar-refractivity contribution in [3.63, 3.8) is 0 Å². The van der Waals surface area contributed by atoms with E-state index in [1.54, 1.807) is 0 Å². The van der Waals surface area contributed by atoms with E-state index in [1.807, 2.05) is 18.2 Å². The predicted molar refractivity (Wildman–Crippen MR) is 266 cm³/mol. The van der Waals surface area contributed by atoms with Crippen LogP contribution in [0, 0.1) is 0 Å². The highest BCUT2D eigenvalue weighted by molar-refractivity contribution is 6.64. The number of benzene rings is 9. The Morgan fingerprint density at radius 3 is 0.657 bits per heavy atom. The zero-order chi connectivity index (χ0) is 44.4. The molecule has 0 fully saturated rings. The van der Waals surface area contributed by atoms with Gasteiger partial charge in [0.15, 0.2) is 0 Å². The largest absolute Gasteiger partial charge is 0.632 e. The van der Waals surface area contributed by atoms with Gasteiger partial charge in [-0.25, -0.2) is 0 Å². The molecule has 0 saturated carbocycles. The molecule has 9 aromatic carbocycles. The molecule has 67 heavy (non-hydrogen) atoms. The summed E-state index contributed by atoms with van der Waals surface area (Å²) in [5.41, 5.74) is 15.4. The third-order valence-electron chi connectivity index (χ3n) is 14.8. The fourth-order valence-electron chi connectivity index (χ4n) is 11.1. The van der Waals surface area contributed by atoms with Gasteiger partial charge in [0.25, 0.3) is 0 Å². The lowest BCUT2D eigenvalue weighted by Crippen LogP contribution is -2.48. The van der Waals surface area contributed by atoms with E-state index in [0.29, 0.717) is 0 Å². The van der Waals surface area contributed by atoms with Crippen LogP contribution in [0.25, 0.3) is 33.4 Å². The van der Waals surface area contributed by atoms with E-state index in [1.165, 1.54) is 16.7 Å². The van der Waals surface area contributed by atoms with Gasteiger partial charge >= 0.3 is 21.4 Å². The van der Waals surface area contributed by atoms with Gasteiger partial charge in [-0.05, 0) is 117 Å². The van der Waals surface area contributed by atoms with Crippen molar-refractivity contribution in [2.45, 2.75) is 24.7 Å². The second kappa shape index (κ2) is 14.2. The highest BCUT2D eigenvalue weighted by Gasteiger charge is 2.58. The second-order valence-electron chi connectivity index (χ2n) is 18.5. The number of hydrogen-bond acceptors (Lipinski definition) is 6. The SMILES string of the molecule is CC12c3cc4c(cc3C(C)(c3cc5c(cc31)OB(c1ccc(-c3ccccc3)cc1)O5)c1cc3c(cc12)OB(c1ccc(-c2ccccc2)cc1)O3)OB(c1ccc(-c2ccccc2)cc1)O4. The molecule has 0 aromatic heterocycles. The average molecular weight is 864 g/mol. The molecule has 0 saturated heterocycles. The van der Waals surface area contributed by atoms with Gasteiger partial charge in [0, 0.05) is 27.2 Å². The van der Waals surface area contributed by atoms with Crippen LogP contribution in [0.3, 0.4) is 0 Å². The monoisotopic (exact) mass is 864 g/mol. The summed E-state index contributed by atoms with van der Waals surface area (Å²) in [6, 6.07) is 69.7. The molecule has 2 bridgehead atoms. The lowest BCUT2D eigenvalue weighted by molar-refractivity contribution is 0.498. The van der Waals surface area contributed by atoms with Gasteiger partial charge in [-0.1, -0.05) is 164 Å². The molecule has 9 aromatic rings. The van der Waals surface area contributed by atoms with Crippen LogP contribution < -0.4 is 44.3 Å². The summed E-state index contributed by atoms with van der Waals surface area (Å²) in [7, 11) is -1.75. The van der Waals surface area contributed by atoms with Gasteiger partial charge in [-0.3, -0.25) is 0 Å². The summed E-state index contributed by atoms with van der Waals surface area (Å²) in [5, 5.41) is 0. The molecule has 6 nitrogen and oxygen atoms in total. The molecular formula is C58H39B3O6. The van der Waals surface area contributed by atoms with Crippen molar-refractivity contribution in [1.29, 1.82) is 0 Å². The Balaban J connectivity index is 0.842. The Labute approximate surface area is 390 Å². The van der Waals surface area contributed by atoms with Crippen LogP contribution in [0.4, 0.5) is 0 Å². The summed E-state index contributed by atoms with van der Waals surface area (Å²) in [6.45, 7) is 4.63. The molecule has 15 rings (SSSR count). The van der Waals surface area contributed by atoms with Crippen LogP contribution in [0.1, 0.15) is 47.2 Å². The lowest BCUT2D eigenvalue weighted by atomic mass is 9.48. The van der Waals surface area contributed by atoms with Gasteiger partial charge in [-0.15, -0.1) is 0 Å². The molecule has 0 atom stereocenters. The van der Waals surface area contributed by atoms with Crippen LogP contribution in [-0.2, 0) is 10.8 Å². The molecule has 3 aliphatic carbocycles. The quantitative estimate of drug-likeness (QED) is 0.155. The van der Waals surface area contributed by atoms with Crippen molar-refractivity contribution in [3.8, 4) is 67.9 Å². The van der Waals surface area contributed by atoms with Crippen LogP contribution in [0.2, 0.25) is 0 Å². The van der Waals surface area contributed by atoms with Crippen LogP contribution in [0.5, 0.6) is 34.5 Å². The third-order valence-corrected chi connectivity index (χ3v) is 14.8. The molecule has 9 heteroatoms. The highest BCUT2D eigenvalue weighted by atomic mass is 16.6. The first-order valence-corrected chi connectivity index (χ1v) is 22.9. The van der Waals surface area contributed by atoms with Crippen LogP contribution in [-0.4, -0.2) is 21.4 Å². The third kappa shape index (κ3) is 5.73. The van der Waals surface area contributed by atoms with E-state index in [4.69, 9.17) is 27.9 Å². The molecule has 316 valence electrons. The number of fused-ring (bicyclic) bond motifs is 3. The van der Waals surface area contributed by atoms with Gasteiger partial charge < -0.3 is 27.9 Å².